The summed E-state index contributed by atoms with van der Waals surface area (Å²) in [5.74, 6) is 1.66. The van der Waals surface area contributed by atoms with E-state index < -0.39 is 0 Å². The zero-order valence-electron chi connectivity index (χ0n) is 18.1. The van der Waals surface area contributed by atoms with Crippen molar-refractivity contribution in [2.45, 2.75) is 31.7 Å². The lowest BCUT2D eigenvalue weighted by atomic mass is 10.0. The van der Waals surface area contributed by atoms with Gasteiger partial charge in [0.25, 0.3) is 5.91 Å². The van der Waals surface area contributed by atoms with E-state index in [0.717, 1.165) is 36.3 Å². The minimum Gasteiger partial charge on any atom is -0.496 e. The van der Waals surface area contributed by atoms with Crippen LogP contribution < -0.4 is 10.1 Å². The highest BCUT2D eigenvalue weighted by Gasteiger charge is 2.31. The highest BCUT2D eigenvalue weighted by atomic mass is 16.5. The number of nitrogens with one attached hydrogen (secondary N) is 1. The summed E-state index contributed by atoms with van der Waals surface area (Å²) in [6.07, 6.45) is 4.98. The number of carbonyl (C=O) groups is 2. The highest BCUT2D eigenvalue weighted by molar-refractivity contribution is 5.96. The van der Waals surface area contributed by atoms with Gasteiger partial charge in [0.15, 0.2) is 0 Å². The van der Waals surface area contributed by atoms with Crippen molar-refractivity contribution in [3.63, 3.8) is 0 Å². The Balaban J connectivity index is 1.42. The fraction of sp³-hybridized carbons (Fsp3) is 0.320. The van der Waals surface area contributed by atoms with Gasteiger partial charge in [0, 0.05) is 24.1 Å². The zero-order valence-corrected chi connectivity index (χ0v) is 18.1. The fourth-order valence-corrected chi connectivity index (χ4v) is 4.03. The maximum absolute atomic E-state index is 12.9. The van der Waals surface area contributed by atoms with E-state index in [4.69, 9.17) is 9.15 Å². The predicted molar refractivity (Wildman–Crippen MR) is 119 cm³/mol. The second-order valence-electron chi connectivity index (χ2n) is 7.80. The number of likely N-dealkylation sites (tertiary alicyclic amines) is 1. The van der Waals surface area contributed by atoms with Gasteiger partial charge in [-0.15, -0.1) is 0 Å². The number of para-hydroxylation sites is 1. The minimum absolute atomic E-state index is 0.0565. The average Bonchev–Trinajstić information content (AvgIpc) is 3.31. The molecule has 0 saturated carbocycles. The summed E-state index contributed by atoms with van der Waals surface area (Å²) >= 11 is 0. The number of methoxy groups -OCH3 is 1. The lowest BCUT2D eigenvalue weighted by molar-refractivity contribution is -0.134. The number of aromatic nitrogens is 1. The van der Waals surface area contributed by atoms with Crippen LogP contribution in [0.25, 0.3) is 0 Å². The van der Waals surface area contributed by atoms with Crippen LogP contribution in [0.1, 0.15) is 52.9 Å². The Kier molecular flexibility index (Phi) is 6.84. The summed E-state index contributed by atoms with van der Waals surface area (Å²) in [5.41, 5.74) is 1.54. The van der Waals surface area contributed by atoms with Gasteiger partial charge in [-0.3, -0.25) is 9.59 Å². The number of rotatable bonds is 7. The number of hydrogen-bond acceptors (Lipinski definition) is 5. The Hall–Kier alpha value is -3.61. The van der Waals surface area contributed by atoms with E-state index in [9.17, 15) is 9.59 Å². The maximum Gasteiger partial charge on any atom is 0.251 e. The fourth-order valence-electron chi connectivity index (χ4n) is 4.03. The number of nitrogens with zero attached hydrogens (tertiary/aromatic N) is 2. The molecular weight excluding hydrogens is 406 g/mol. The Labute approximate surface area is 187 Å². The summed E-state index contributed by atoms with van der Waals surface area (Å²) in [6.45, 7) is 0.563. The number of carbonyl (C=O) groups excluding carboxylic acids is 2. The highest BCUT2D eigenvalue weighted by Crippen LogP contribution is 2.31. The molecule has 2 amide bonds. The van der Waals surface area contributed by atoms with Gasteiger partial charge in [0.05, 0.1) is 19.9 Å². The molecule has 1 unspecified atom stereocenters. The predicted octanol–water partition coefficient (Wildman–Crippen LogP) is 3.76. The molecule has 32 heavy (non-hydrogen) atoms. The van der Waals surface area contributed by atoms with Crippen molar-refractivity contribution in [1.82, 2.24) is 15.2 Å². The zero-order chi connectivity index (χ0) is 22.3. The van der Waals surface area contributed by atoms with Crippen LogP contribution in [0, 0.1) is 0 Å². The lowest BCUT2D eigenvalue weighted by Crippen LogP contribution is -2.44. The minimum atomic E-state index is -0.261. The van der Waals surface area contributed by atoms with Crippen molar-refractivity contribution in [2.24, 2.45) is 0 Å². The van der Waals surface area contributed by atoms with Gasteiger partial charge in [-0.25, -0.2) is 4.98 Å². The first-order chi connectivity index (χ1) is 15.7. The molecule has 7 heteroatoms. The summed E-state index contributed by atoms with van der Waals surface area (Å²) in [7, 11) is 1.65. The van der Waals surface area contributed by atoms with Crippen molar-refractivity contribution in [1.29, 1.82) is 0 Å². The molecule has 1 N–H and O–H groups in total. The van der Waals surface area contributed by atoms with Gasteiger partial charge < -0.3 is 19.4 Å². The third-order valence-electron chi connectivity index (χ3n) is 5.67. The Morgan fingerprint density at radius 1 is 1.12 bits per heavy atom. The topological polar surface area (TPSA) is 84.7 Å². The van der Waals surface area contributed by atoms with Crippen molar-refractivity contribution in [3.05, 3.63) is 83.6 Å². The second kappa shape index (κ2) is 10.1. The maximum atomic E-state index is 12.9. The first kappa shape index (κ1) is 21.6. The van der Waals surface area contributed by atoms with Crippen LogP contribution in [0.5, 0.6) is 5.75 Å². The van der Waals surface area contributed by atoms with Crippen LogP contribution >= 0.6 is 0 Å². The van der Waals surface area contributed by atoms with Crippen molar-refractivity contribution >= 4 is 11.8 Å². The molecule has 3 aromatic rings. The van der Waals surface area contributed by atoms with Gasteiger partial charge >= 0.3 is 0 Å². The number of hydrogen-bond donors (Lipinski definition) is 1. The number of ether oxygens (including phenoxy) is 1. The molecule has 7 nitrogen and oxygen atoms in total. The third kappa shape index (κ3) is 4.99. The molecule has 0 spiro atoms. The molecule has 166 valence electrons. The molecule has 1 atom stereocenters. The quantitative estimate of drug-likeness (QED) is 0.613. The van der Waals surface area contributed by atoms with Crippen molar-refractivity contribution in [3.8, 4) is 5.75 Å². The summed E-state index contributed by atoms with van der Waals surface area (Å²) in [6, 6.07) is 16.4. The van der Waals surface area contributed by atoms with E-state index in [1.165, 1.54) is 0 Å². The largest absolute Gasteiger partial charge is 0.496 e. The Bertz CT molecular complexity index is 1060. The standard InChI is InChI=1S/C25H27N3O4/c1-31-22-13-6-5-11-19(22)15-20-16-27-25(32-20)21-12-7-8-14-28(21)23(29)17-26-24(30)18-9-3-2-4-10-18/h2-6,9-11,13,16,21H,7-8,12,14-15,17H2,1H3,(H,26,30). The van der Waals surface area contributed by atoms with E-state index in [2.05, 4.69) is 10.3 Å². The SMILES string of the molecule is COc1ccccc1Cc1cnc(C2CCCCN2C(=O)CNC(=O)c2ccccc2)o1. The number of amides is 2. The first-order valence-electron chi connectivity index (χ1n) is 10.8. The summed E-state index contributed by atoms with van der Waals surface area (Å²) in [5, 5.41) is 2.72. The van der Waals surface area contributed by atoms with E-state index in [1.54, 1.807) is 42.5 Å². The monoisotopic (exact) mass is 433 g/mol. The van der Waals surface area contributed by atoms with Gasteiger partial charge in [-0.05, 0) is 37.5 Å². The lowest BCUT2D eigenvalue weighted by Gasteiger charge is -2.33. The van der Waals surface area contributed by atoms with Crippen molar-refractivity contribution in [2.75, 3.05) is 20.2 Å². The van der Waals surface area contributed by atoms with Gasteiger partial charge in [-0.2, -0.15) is 0 Å². The third-order valence-corrected chi connectivity index (χ3v) is 5.67. The number of piperidine rings is 1. The molecule has 2 heterocycles. The van der Waals surface area contributed by atoms with Gasteiger partial charge in [0.2, 0.25) is 11.8 Å². The van der Waals surface area contributed by atoms with E-state index in [1.807, 2.05) is 30.3 Å². The molecular formula is C25H27N3O4. The molecule has 1 saturated heterocycles. The average molecular weight is 434 g/mol. The van der Waals surface area contributed by atoms with Gasteiger partial charge in [0.1, 0.15) is 17.6 Å². The van der Waals surface area contributed by atoms with E-state index >= 15 is 0 Å². The summed E-state index contributed by atoms with van der Waals surface area (Å²) < 4.78 is 11.5. The van der Waals surface area contributed by atoms with E-state index in [0.29, 0.717) is 24.4 Å². The van der Waals surface area contributed by atoms with Crippen LogP contribution in [-0.2, 0) is 11.2 Å². The van der Waals surface area contributed by atoms with Gasteiger partial charge in [-0.1, -0.05) is 36.4 Å². The number of oxazole rings is 1. The molecule has 0 bridgehead atoms. The van der Waals surface area contributed by atoms with Crippen molar-refractivity contribution < 1.29 is 18.7 Å². The smallest absolute Gasteiger partial charge is 0.251 e. The Morgan fingerprint density at radius 2 is 1.91 bits per heavy atom. The second-order valence-corrected chi connectivity index (χ2v) is 7.80. The first-order valence-corrected chi connectivity index (χ1v) is 10.8. The van der Waals surface area contributed by atoms with Crippen LogP contribution in [0.3, 0.4) is 0 Å². The molecule has 2 aromatic carbocycles. The van der Waals surface area contributed by atoms with E-state index in [-0.39, 0.29) is 24.4 Å². The molecule has 1 aliphatic heterocycles. The molecule has 1 fully saturated rings. The van der Waals surface area contributed by atoms with Crippen LogP contribution in [-0.4, -0.2) is 41.9 Å². The normalized spacial score (nSPS) is 15.9. The molecule has 1 aromatic heterocycles. The molecule has 0 aliphatic carbocycles. The Morgan fingerprint density at radius 3 is 2.72 bits per heavy atom. The molecule has 4 rings (SSSR count). The molecule has 0 radical (unpaired) electrons. The van der Waals surface area contributed by atoms with Crippen LogP contribution in [0.15, 0.2) is 65.2 Å². The number of benzene rings is 2. The van der Waals surface area contributed by atoms with Crippen LogP contribution in [0.4, 0.5) is 0 Å². The van der Waals surface area contributed by atoms with Crippen LogP contribution in [0.2, 0.25) is 0 Å². The molecule has 1 aliphatic rings. The summed E-state index contributed by atoms with van der Waals surface area (Å²) in [4.78, 5) is 31.5.